The van der Waals surface area contributed by atoms with Gasteiger partial charge in [-0.2, -0.15) is 0 Å². The van der Waals surface area contributed by atoms with Gasteiger partial charge < -0.3 is 19.3 Å². The molecular weight excluding hydrogens is 486 g/mol. The van der Waals surface area contributed by atoms with Gasteiger partial charge in [0, 0.05) is 11.3 Å². The molecule has 1 atom stereocenters. The normalized spacial score (nSPS) is 16.6. The van der Waals surface area contributed by atoms with Crippen LogP contribution in [-0.4, -0.2) is 43.6 Å². The molecule has 0 saturated carbocycles. The highest BCUT2D eigenvalue weighted by atomic mass is 16.5. The summed E-state index contributed by atoms with van der Waals surface area (Å²) in [5, 5.41) is 11.4. The Labute approximate surface area is 221 Å². The number of carbonyl (C=O) groups is 3. The predicted molar refractivity (Wildman–Crippen MR) is 142 cm³/mol. The number of aliphatic hydroxyl groups excluding tert-OH is 1. The van der Waals surface area contributed by atoms with Crippen molar-refractivity contribution in [3.63, 3.8) is 0 Å². The Bertz CT molecular complexity index is 1390. The smallest absolute Gasteiger partial charge is 0.337 e. The molecule has 1 N–H and O–H groups in total. The second kappa shape index (κ2) is 11.2. The summed E-state index contributed by atoms with van der Waals surface area (Å²) >= 11 is 0. The lowest BCUT2D eigenvalue weighted by molar-refractivity contribution is -0.132. The maximum atomic E-state index is 13.4. The minimum atomic E-state index is -0.964. The van der Waals surface area contributed by atoms with E-state index >= 15 is 0 Å². The van der Waals surface area contributed by atoms with Gasteiger partial charge in [-0.1, -0.05) is 44.2 Å². The van der Waals surface area contributed by atoms with Gasteiger partial charge in [0.15, 0.2) is 0 Å². The second-order valence-electron chi connectivity index (χ2n) is 9.22. The number of ether oxygens (including phenoxy) is 3. The molecule has 3 aromatic rings. The zero-order valence-electron chi connectivity index (χ0n) is 21.6. The molecule has 1 aliphatic heterocycles. The summed E-state index contributed by atoms with van der Waals surface area (Å²) in [7, 11) is 2.80. The number of esters is 1. The van der Waals surface area contributed by atoms with Crippen LogP contribution in [0.3, 0.4) is 0 Å². The fraction of sp³-hybridized carbons (Fsp3) is 0.233. The van der Waals surface area contributed by atoms with E-state index in [2.05, 4.69) is 0 Å². The number of carbonyl (C=O) groups excluding carboxylic acids is 3. The van der Waals surface area contributed by atoms with Crippen molar-refractivity contribution in [2.45, 2.75) is 19.9 Å². The van der Waals surface area contributed by atoms with Gasteiger partial charge in [-0.15, -0.1) is 0 Å². The summed E-state index contributed by atoms with van der Waals surface area (Å²) in [5.41, 5.74) is 1.36. The molecule has 3 aromatic carbocycles. The fourth-order valence-electron chi connectivity index (χ4n) is 4.25. The number of ketones is 1. The van der Waals surface area contributed by atoms with Gasteiger partial charge in [0.05, 0.1) is 38.0 Å². The molecule has 4 rings (SSSR count). The van der Waals surface area contributed by atoms with E-state index in [1.54, 1.807) is 66.7 Å². The molecule has 1 aliphatic rings. The van der Waals surface area contributed by atoms with Gasteiger partial charge in [0.1, 0.15) is 17.3 Å². The molecule has 0 aromatic heterocycles. The maximum absolute atomic E-state index is 13.4. The summed E-state index contributed by atoms with van der Waals surface area (Å²) in [6.07, 6.45) is 0. The Morgan fingerprint density at radius 3 is 2.26 bits per heavy atom. The second-order valence-corrected chi connectivity index (χ2v) is 9.22. The van der Waals surface area contributed by atoms with Crippen molar-refractivity contribution in [2.24, 2.45) is 5.92 Å². The highest BCUT2D eigenvalue weighted by molar-refractivity contribution is 6.51. The van der Waals surface area contributed by atoms with E-state index in [1.807, 2.05) is 13.8 Å². The summed E-state index contributed by atoms with van der Waals surface area (Å²) < 4.78 is 15.9. The molecule has 1 unspecified atom stereocenters. The Balaban J connectivity index is 1.87. The molecule has 1 amide bonds. The minimum Gasteiger partial charge on any atom is -0.507 e. The number of nitrogens with zero attached hydrogens (tertiary/aromatic N) is 1. The topological polar surface area (TPSA) is 102 Å². The third-order valence-electron chi connectivity index (χ3n) is 6.11. The van der Waals surface area contributed by atoms with Crippen LogP contribution in [0.2, 0.25) is 0 Å². The lowest BCUT2D eigenvalue weighted by Gasteiger charge is -2.26. The lowest BCUT2D eigenvalue weighted by atomic mass is 9.95. The van der Waals surface area contributed by atoms with Crippen LogP contribution in [0.1, 0.15) is 41.4 Å². The zero-order chi connectivity index (χ0) is 27.4. The van der Waals surface area contributed by atoms with E-state index in [-0.39, 0.29) is 16.9 Å². The first kappa shape index (κ1) is 26.5. The number of anilines is 1. The molecule has 38 heavy (non-hydrogen) atoms. The van der Waals surface area contributed by atoms with Crippen LogP contribution >= 0.6 is 0 Å². The average Bonchev–Trinajstić information content (AvgIpc) is 3.21. The fourth-order valence-corrected chi connectivity index (χ4v) is 4.25. The Morgan fingerprint density at radius 2 is 1.61 bits per heavy atom. The summed E-state index contributed by atoms with van der Waals surface area (Å²) in [4.78, 5) is 40.3. The largest absolute Gasteiger partial charge is 0.507 e. The number of methoxy groups -OCH3 is 2. The predicted octanol–water partition coefficient (Wildman–Crippen LogP) is 5.14. The van der Waals surface area contributed by atoms with E-state index in [0.29, 0.717) is 40.8 Å². The molecule has 0 bridgehead atoms. The van der Waals surface area contributed by atoms with Crippen LogP contribution in [0, 0.1) is 5.92 Å². The highest BCUT2D eigenvalue weighted by Gasteiger charge is 2.47. The van der Waals surface area contributed by atoms with Crippen LogP contribution in [-0.2, 0) is 14.3 Å². The van der Waals surface area contributed by atoms with Crippen LogP contribution in [0.15, 0.2) is 78.4 Å². The third-order valence-corrected chi connectivity index (χ3v) is 6.11. The minimum absolute atomic E-state index is 0.0790. The van der Waals surface area contributed by atoms with E-state index in [9.17, 15) is 19.5 Å². The van der Waals surface area contributed by atoms with Crippen molar-refractivity contribution in [1.82, 2.24) is 0 Å². The number of Topliss-reactive ketones (excluding diaryl/α,β-unsaturated/α-hetero) is 1. The number of amides is 1. The van der Waals surface area contributed by atoms with Gasteiger partial charge in [-0.25, -0.2) is 4.79 Å². The van der Waals surface area contributed by atoms with Crippen molar-refractivity contribution < 1.29 is 33.7 Å². The SMILES string of the molecule is COC(=O)c1cccc(N2C(=O)C(=O)/C(=C(/O)c3cccc(OCC(C)C)c3)C2c2ccc(OC)cc2)c1. The Kier molecular flexibility index (Phi) is 7.81. The number of hydrogen-bond donors (Lipinski definition) is 1. The molecule has 1 heterocycles. The van der Waals surface area contributed by atoms with E-state index in [1.165, 1.54) is 25.2 Å². The van der Waals surface area contributed by atoms with Crippen LogP contribution in [0.25, 0.3) is 5.76 Å². The van der Waals surface area contributed by atoms with Crippen molar-refractivity contribution in [1.29, 1.82) is 0 Å². The Hall–Kier alpha value is -4.59. The average molecular weight is 516 g/mol. The van der Waals surface area contributed by atoms with E-state index in [0.717, 1.165) is 0 Å². The maximum Gasteiger partial charge on any atom is 0.337 e. The number of rotatable bonds is 8. The first-order valence-corrected chi connectivity index (χ1v) is 12.1. The van der Waals surface area contributed by atoms with Crippen molar-refractivity contribution in [3.8, 4) is 11.5 Å². The quantitative estimate of drug-likeness (QED) is 0.192. The molecule has 1 saturated heterocycles. The van der Waals surface area contributed by atoms with E-state index < -0.39 is 23.7 Å². The summed E-state index contributed by atoms with van der Waals surface area (Å²) in [6.45, 7) is 4.53. The third kappa shape index (κ3) is 5.25. The molecule has 8 nitrogen and oxygen atoms in total. The zero-order valence-corrected chi connectivity index (χ0v) is 21.6. The van der Waals surface area contributed by atoms with E-state index in [4.69, 9.17) is 14.2 Å². The molecule has 0 radical (unpaired) electrons. The van der Waals surface area contributed by atoms with Crippen molar-refractivity contribution >= 4 is 29.1 Å². The molecule has 196 valence electrons. The molecule has 0 aliphatic carbocycles. The van der Waals surface area contributed by atoms with Gasteiger partial charge in [-0.05, 0) is 53.9 Å². The highest BCUT2D eigenvalue weighted by Crippen LogP contribution is 2.43. The number of hydrogen-bond acceptors (Lipinski definition) is 7. The van der Waals surface area contributed by atoms with Crippen LogP contribution in [0.4, 0.5) is 5.69 Å². The lowest BCUT2D eigenvalue weighted by Crippen LogP contribution is -2.29. The monoisotopic (exact) mass is 515 g/mol. The van der Waals surface area contributed by atoms with Gasteiger partial charge in [0.2, 0.25) is 0 Å². The standard InChI is InChI=1S/C30H29NO7/c1-18(2)17-38-24-10-6-7-20(16-24)27(32)25-26(19-11-13-23(36-3)14-12-19)31(29(34)28(25)33)22-9-5-8-21(15-22)30(35)37-4/h5-16,18,26,32H,17H2,1-4H3/b27-25+. The Morgan fingerprint density at radius 1 is 0.921 bits per heavy atom. The van der Waals surface area contributed by atoms with Crippen molar-refractivity contribution in [2.75, 3.05) is 25.7 Å². The number of aliphatic hydroxyl groups is 1. The van der Waals surface area contributed by atoms with Gasteiger partial charge in [0.25, 0.3) is 11.7 Å². The van der Waals surface area contributed by atoms with Crippen LogP contribution < -0.4 is 14.4 Å². The van der Waals surface area contributed by atoms with Crippen molar-refractivity contribution in [3.05, 3.63) is 95.1 Å². The summed E-state index contributed by atoms with van der Waals surface area (Å²) in [6, 6.07) is 18.9. The first-order chi connectivity index (χ1) is 18.2. The molecule has 1 fully saturated rings. The molecule has 8 heteroatoms. The van der Waals surface area contributed by atoms with Crippen LogP contribution in [0.5, 0.6) is 11.5 Å². The molecule has 0 spiro atoms. The van der Waals surface area contributed by atoms with Gasteiger partial charge in [-0.3, -0.25) is 14.5 Å². The first-order valence-electron chi connectivity index (χ1n) is 12.1. The van der Waals surface area contributed by atoms with Gasteiger partial charge >= 0.3 is 5.97 Å². The summed E-state index contributed by atoms with van der Waals surface area (Å²) in [5.74, 6) is -1.17. The number of benzene rings is 3. The molecular formula is C30H29NO7.